The minimum absolute atomic E-state index is 0.0262. The summed E-state index contributed by atoms with van der Waals surface area (Å²) in [5, 5.41) is 16.2. The first kappa shape index (κ1) is 21.5. The van der Waals surface area contributed by atoms with Gasteiger partial charge in [0, 0.05) is 17.7 Å². The van der Waals surface area contributed by atoms with Gasteiger partial charge >= 0.3 is 5.97 Å². The number of fused-ring (bicyclic) bond motifs is 1. The number of aromatic nitrogens is 2. The summed E-state index contributed by atoms with van der Waals surface area (Å²) in [6.07, 6.45) is 1.47. The number of aliphatic hydroxyl groups is 1. The Morgan fingerprint density at radius 1 is 1.19 bits per heavy atom. The predicted octanol–water partition coefficient (Wildman–Crippen LogP) is 4.65. The van der Waals surface area contributed by atoms with Crippen LogP contribution in [0.2, 0.25) is 0 Å². The summed E-state index contributed by atoms with van der Waals surface area (Å²) in [6.45, 7) is 4.68. The highest BCUT2D eigenvalue weighted by Gasteiger charge is 2.32. The molecule has 1 aromatic carbocycles. The molecule has 1 saturated heterocycles. The molecule has 1 aliphatic rings. The van der Waals surface area contributed by atoms with Gasteiger partial charge in [-0.2, -0.15) is 5.10 Å². The number of hydrogen-bond donors (Lipinski definition) is 1. The van der Waals surface area contributed by atoms with E-state index in [0.717, 1.165) is 30.3 Å². The normalized spacial score (nSPS) is 17.8. The molecule has 4 rings (SSSR count). The molecule has 31 heavy (non-hydrogen) atoms. The zero-order valence-electron chi connectivity index (χ0n) is 18.0. The van der Waals surface area contributed by atoms with Crippen LogP contribution in [0, 0.1) is 5.82 Å². The molecule has 3 heterocycles. The second kappa shape index (κ2) is 8.77. The molecule has 2 unspecified atom stereocenters. The van der Waals surface area contributed by atoms with E-state index < -0.39 is 12.1 Å². The standard InChI is InChI=1S/C24H27FN2O4/c1-14(2)20-17-11-12-18(24(29)30-3)27(17)26-22(15-7-9-16(25)10-8-15)21(20)23(28)19-6-4-5-13-31-19/h7-12,14,19,23,28H,4-6,13H2,1-3H3. The number of halogens is 1. The van der Waals surface area contributed by atoms with Crippen molar-refractivity contribution in [1.29, 1.82) is 0 Å². The van der Waals surface area contributed by atoms with Crippen molar-refractivity contribution in [2.24, 2.45) is 0 Å². The fourth-order valence-electron chi connectivity index (χ4n) is 4.35. The van der Waals surface area contributed by atoms with Gasteiger partial charge in [0.1, 0.15) is 11.9 Å². The minimum atomic E-state index is -0.897. The molecule has 7 heteroatoms. The van der Waals surface area contributed by atoms with Gasteiger partial charge in [0.15, 0.2) is 5.69 Å². The lowest BCUT2D eigenvalue weighted by atomic mass is 9.87. The average Bonchev–Trinajstić information content (AvgIpc) is 3.21. The van der Waals surface area contributed by atoms with E-state index in [9.17, 15) is 14.3 Å². The number of nitrogens with zero attached hydrogens (tertiary/aromatic N) is 2. The number of hydrogen-bond acceptors (Lipinski definition) is 5. The summed E-state index contributed by atoms with van der Waals surface area (Å²) in [6, 6.07) is 9.48. The average molecular weight is 426 g/mol. The first-order chi connectivity index (χ1) is 14.9. The van der Waals surface area contributed by atoms with E-state index in [1.807, 2.05) is 19.9 Å². The number of aliphatic hydroxyl groups excluding tert-OH is 1. The zero-order chi connectivity index (χ0) is 22.1. The molecule has 1 N–H and O–H groups in total. The van der Waals surface area contributed by atoms with Gasteiger partial charge in [0.05, 0.1) is 24.4 Å². The van der Waals surface area contributed by atoms with E-state index in [4.69, 9.17) is 14.6 Å². The maximum absolute atomic E-state index is 13.6. The molecule has 164 valence electrons. The number of ether oxygens (including phenoxy) is 2. The van der Waals surface area contributed by atoms with Crippen LogP contribution < -0.4 is 0 Å². The fourth-order valence-corrected chi connectivity index (χ4v) is 4.35. The third-order valence-electron chi connectivity index (χ3n) is 5.83. The number of carbonyl (C=O) groups excluding carboxylic acids is 1. The third-order valence-corrected chi connectivity index (χ3v) is 5.83. The van der Waals surface area contributed by atoms with Crippen LogP contribution in [0.4, 0.5) is 4.39 Å². The summed E-state index contributed by atoms with van der Waals surface area (Å²) in [5.41, 5.74) is 3.71. The van der Waals surface area contributed by atoms with Crippen LogP contribution in [0.5, 0.6) is 0 Å². The Labute approximate surface area is 180 Å². The SMILES string of the molecule is COC(=O)c1ccc2c(C(C)C)c(C(O)C3CCCCO3)c(-c3ccc(F)cc3)nn12. The molecular weight excluding hydrogens is 399 g/mol. The lowest BCUT2D eigenvalue weighted by molar-refractivity contribution is -0.0635. The fraction of sp³-hybridized carbons (Fsp3) is 0.417. The Hall–Kier alpha value is -2.77. The molecule has 3 aromatic rings. The molecular formula is C24H27FN2O4. The van der Waals surface area contributed by atoms with Crippen molar-refractivity contribution in [1.82, 2.24) is 9.61 Å². The van der Waals surface area contributed by atoms with Crippen molar-refractivity contribution >= 4 is 11.5 Å². The van der Waals surface area contributed by atoms with Gasteiger partial charge in [-0.15, -0.1) is 0 Å². The summed E-state index contributed by atoms with van der Waals surface area (Å²) in [7, 11) is 1.32. The van der Waals surface area contributed by atoms with Crippen LogP contribution in [-0.4, -0.2) is 40.5 Å². The maximum Gasteiger partial charge on any atom is 0.356 e. The Kier molecular flexibility index (Phi) is 6.07. The molecule has 0 radical (unpaired) electrons. The number of carbonyl (C=O) groups is 1. The van der Waals surface area contributed by atoms with Gasteiger partial charge < -0.3 is 14.6 Å². The summed E-state index contributed by atoms with van der Waals surface area (Å²) in [5.74, 6) is -0.836. The second-order valence-electron chi connectivity index (χ2n) is 8.19. The van der Waals surface area contributed by atoms with Crippen molar-refractivity contribution in [3.8, 4) is 11.3 Å². The molecule has 1 fully saturated rings. The van der Waals surface area contributed by atoms with Crippen LogP contribution in [0.15, 0.2) is 36.4 Å². The van der Waals surface area contributed by atoms with Crippen molar-refractivity contribution in [3.05, 3.63) is 59.0 Å². The Morgan fingerprint density at radius 2 is 1.94 bits per heavy atom. The van der Waals surface area contributed by atoms with E-state index in [2.05, 4.69) is 0 Å². The number of rotatable bonds is 5. The quantitative estimate of drug-likeness (QED) is 0.601. The van der Waals surface area contributed by atoms with E-state index in [0.29, 0.717) is 23.4 Å². The molecule has 6 nitrogen and oxygen atoms in total. The smallest absolute Gasteiger partial charge is 0.356 e. The van der Waals surface area contributed by atoms with E-state index in [-0.39, 0.29) is 23.5 Å². The molecule has 0 bridgehead atoms. The van der Waals surface area contributed by atoms with Crippen LogP contribution in [-0.2, 0) is 9.47 Å². The first-order valence-electron chi connectivity index (χ1n) is 10.6. The molecule has 0 saturated carbocycles. The number of methoxy groups -OCH3 is 1. The van der Waals surface area contributed by atoms with E-state index >= 15 is 0 Å². The molecule has 0 spiro atoms. The predicted molar refractivity (Wildman–Crippen MR) is 115 cm³/mol. The number of benzene rings is 1. The molecule has 2 aromatic heterocycles. The van der Waals surface area contributed by atoms with Crippen molar-refractivity contribution < 1.29 is 23.8 Å². The van der Waals surface area contributed by atoms with Gasteiger partial charge in [-0.05, 0) is 67.1 Å². The van der Waals surface area contributed by atoms with Crippen molar-refractivity contribution in [3.63, 3.8) is 0 Å². The molecule has 2 atom stereocenters. The highest BCUT2D eigenvalue weighted by atomic mass is 19.1. The largest absolute Gasteiger partial charge is 0.464 e. The van der Waals surface area contributed by atoms with Crippen LogP contribution in [0.1, 0.15) is 66.7 Å². The third kappa shape index (κ3) is 3.95. The van der Waals surface area contributed by atoms with E-state index in [1.165, 1.54) is 19.2 Å². The first-order valence-corrected chi connectivity index (χ1v) is 10.6. The van der Waals surface area contributed by atoms with Crippen LogP contribution >= 0.6 is 0 Å². The van der Waals surface area contributed by atoms with Crippen LogP contribution in [0.3, 0.4) is 0 Å². The Balaban J connectivity index is 2.02. The summed E-state index contributed by atoms with van der Waals surface area (Å²) in [4.78, 5) is 12.3. The minimum Gasteiger partial charge on any atom is -0.464 e. The van der Waals surface area contributed by atoms with Crippen molar-refractivity contribution in [2.45, 2.75) is 51.2 Å². The Morgan fingerprint density at radius 3 is 2.55 bits per heavy atom. The maximum atomic E-state index is 13.6. The van der Waals surface area contributed by atoms with Crippen LogP contribution in [0.25, 0.3) is 16.8 Å². The highest BCUT2D eigenvalue weighted by Crippen LogP contribution is 2.39. The van der Waals surface area contributed by atoms with Gasteiger partial charge in [-0.1, -0.05) is 13.8 Å². The Bertz CT molecular complexity index is 1090. The lowest BCUT2D eigenvalue weighted by Crippen LogP contribution is -2.28. The van der Waals surface area contributed by atoms with Gasteiger partial charge in [-0.25, -0.2) is 13.7 Å². The monoisotopic (exact) mass is 426 g/mol. The summed E-state index contributed by atoms with van der Waals surface area (Å²) >= 11 is 0. The second-order valence-corrected chi connectivity index (χ2v) is 8.19. The molecule has 0 aliphatic carbocycles. The molecule has 1 aliphatic heterocycles. The lowest BCUT2D eigenvalue weighted by Gasteiger charge is -2.30. The molecule has 0 amide bonds. The van der Waals surface area contributed by atoms with Gasteiger partial charge in [-0.3, -0.25) is 0 Å². The van der Waals surface area contributed by atoms with Gasteiger partial charge in [0.25, 0.3) is 0 Å². The topological polar surface area (TPSA) is 73.1 Å². The highest BCUT2D eigenvalue weighted by molar-refractivity contribution is 5.90. The van der Waals surface area contributed by atoms with E-state index in [1.54, 1.807) is 22.7 Å². The summed E-state index contributed by atoms with van der Waals surface area (Å²) < 4.78 is 26.0. The number of esters is 1. The van der Waals surface area contributed by atoms with Gasteiger partial charge in [0.2, 0.25) is 0 Å². The zero-order valence-corrected chi connectivity index (χ0v) is 18.0. The van der Waals surface area contributed by atoms with Crippen molar-refractivity contribution in [2.75, 3.05) is 13.7 Å².